The molecule has 0 bridgehead atoms. The fraction of sp³-hybridized carbons (Fsp3) is 0.320. The maximum atomic E-state index is 12.6. The number of hydrogen-bond acceptors (Lipinski definition) is 7. The molecule has 2 aromatic carbocycles. The Balaban J connectivity index is 1.22. The molecule has 1 fully saturated rings. The van der Waals surface area contributed by atoms with Gasteiger partial charge in [0.2, 0.25) is 5.91 Å². The van der Waals surface area contributed by atoms with Gasteiger partial charge in [0.1, 0.15) is 16.5 Å². The molecule has 1 aliphatic heterocycles. The smallest absolute Gasteiger partial charge is 0.251 e. The quantitative estimate of drug-likeness (QED) is 0.534. The van der Waals surface area contributed by atoms with Gasteiger partial charge in [-0.3, -0.25) is 14.5 Å². The second kappa shape index (κ2) is 11.1. The lowest BCUT2D eigenvalue weighted by Crippen LogP contribution is -2.50. The number of nitrogens with zero attached hydrogens (tertiary/aromatic N) is 3. The van der Waals surface area contributed by atoms with Crippen LogP contribution in [0.1, 0.15) is 16.1 Å². The summed E-state index contributed by atoms with van der Waals surface area (Å²) in [5.74, 6) is 1.16. The minimum atomic E-state index is -0.272. The van der Waals surface area contributed by atoms with E-state index in [1.54, 1.807) is 54.7 Å². The number of amides is 2. The van der Waals surface area contributed by atoms with E-state index in [1.165, 1.54) is 0 Å². The third-order valence-electron chi connectivity index (χ3n) is 5.75. The van der Waals surface area contributed by atoms with Crippen LogP contribution in [0.2, 0.25) is 0 Å². The van der Waals surface area contributed by atoms with Gasteiger partial charge in [-0.25, -0.2) is 4.98 Å². The van der Waals surface area contributed by atoms with Crippen molar-refractivity contribution in [3.63, 3.8) is 0 Å². The van der Waals surface area contributed by atoms with E-state index in [2.05, 4.69) is 15.6 Å². The van der Waals surface area contributed by atoms with Crippen LogP contribution in [-0.4, -0.2) is 73.5 Å². The van der Waals surface area contributed by atoms with Crippen molar-refractivity contribution < 1.29 is 19.1 Å². The van der Waals surface area contributed by atoms with E-state index in [0.29, 0.717) is 24.4 Å². The highest BCUT2D eigenvalue weighted by Gasteiger charge is 2.22. The molecule has 0 saturated carbocycles. The number of benzene rings is 2. The molecule has 0 radical (unpaired) electrons. The van der Waals surface area contributed by atoms with Crippen LogP contribution in [0.3, 0.4) is 0 Å². The van der Waals surface area contributed by atoms with Crippen molar-refractivity contribution in [2.45, 2.75) is 6.54 Å². The van der Waals surface area contributed by atoms with E-state index in [4.69, 9.17) is 14.5 Å². The number of methoxy groups -OCH3 is 2. The van der Waals surface area contributed by atoms with Gasteiger partial charge in [-0.2, -0.15) is 0 Å². The van der Waals surface area contributed by atoms with Crippen LogP contribution in [-0.2, 0) is 11.3 Å². The molecular formula is C25H28N4O4S. The lowest BCUT2D eigenvalue weighted by atomic mass is 10.2. The fourth-order valence-electron chi connectivity index (χ4n) is 3.74. The van der Waals surface area contributed by atoms with E-state index in [9.17, 15) is 9.59 Å². The number of hydrogen-bond donors (Lipinski definition) is 1. The zero-order valence-electron chi connectivity index (χ0n) is 19.3. The van der Waals surface area contributed by atoms with Gasteiger partial charge in [0.15, 0.2) is 0 Å². The molecule has 8 nitrogen and oxygen atoms in total. The predicted molar refractivity (Wildman–Crippen MR) is 131 cm³/mol. The molecule has 2 amide bonds. The van der Waals surface area contributed by atoms with Crippen LogP contribution in [0, 0.1) is 0 Å². The first-order chi connectivity index (χ1) is 16.6. The summed E-state index contributed by atoms with van der Waals surface area (Å²) in [5, 5.41) is 5.78. The average Bonchev–Trinajstić information content (AvgIpc) is 3.36. The van der Waals surface area contributed by atoms with Crippen LogP contribution in [0.4, 0.5) is 0 Å². The molecule has 0 atom stereocenters. The Labute approximate surface area is 203 Å². The molecule has 1 saturated heterocycles. The summed E-state index contributed by atoms with van der Waals surface area (Å²) in [5.41, 5.74) is 2.60. The van der Waals surface area contributed by atoms with Crippen LogP contribution >= 0.6 is 11.3 Å². The van der Waals surface area contributed by atoms with Gasteiger partial charge in [0.05, 0.1) is 26.5 Å². The molecule has 1 N–H and O–H groups in total. The molecule has 1 aromatic heterocycles. The number of aromatic nitrogens is 1. The summed E-state index contributed by atoms with van der Waals surface area (Å²) < 4.78 is 10.3. The molecule has 0 spiro atoms. The monoisotopic (exact) mass is 480 g/mol. The van der Waals surface area contributed by atoms with E-state index < -0.39 is 0 Å². The van der Waals surface area contributed by atoms with Crippen molar-refractivity contribution in [3.05, 3.63) is 65.2 Å². The minimum Gasteiger partial charge on any atom is -0.497 e. The first-order valence-electron chi connectivity index (χ1n) is 11.1. The van der Waals surface area contributed by atoms with Crippen molar-refractivity contribution in [1.82, 2.24) is 20.1 Å². The number of ether oxygens (including phenoxy) is 2. The summed E-state index contributed by atoms with van der Waals surface area (Å²) in [4.78, 5) is 33.7. The van der Waals surface area contributed by atoms with Crippen LogP contribution in [0.5, 0.6) is 11.5 Å². The van der Waals surface area contributed by atoms with Gasteiger partial charge in [-0.1, -0.05) is 0 Å². The Hall–Kier alpha value is -3.43. The van der Waals surface area contributed by atoms with Crippen LogP contribution in [0.25, 0.3) is 10.6 Å². The van der Waals surface area contributed by atoms with Crippen molar-refractivity contribution in [3.8, 4) is 22.1 Å². The molecule has 0 aliphatic carbocycles. The highest BCUT2D eigenvalue weighted by molar-refractivity contribution is 7.13. The average molecular weight is 481 g/mol. The number of piperazine rings is 1. The van der Waals surface area contributed by atoms with Crippen LogP contribution < -0.4 is 14.8 Å². The number of carbonyl (C=O) groups is 2. The normalized spacial score (nSPS) is 14.0. The standard InChI is InChI=1S/C25H28N4O4S/c1-32-21-7-3-18(4-8-21)24(31)26-15-23(30)29-13-11-28(12-14-29)16-20-17-34-25(27-20)19-5-9-22(33-2)10-6-19/h3-10,17H,11-16H2,1-2H3,(H,26,31). The third-order valence-corrected chi connectivity index (χ3v) is 6.69. The Morgan fingerprint density at radius 1 is 0.941 bits per heavy atom. The molecule has 2 heterocycles. The highest BCUT2D eigenvalue weighted by Crippen LogP contribution is 2.26. The van der Waals surface area contributed by atoms with Crippen molar-refractivity contribution in [2.24, 2.45) is 0 Å². The lowest BCUT2D eigenvalue weighted by Gasteiger charge is -2.34. The van der Waals surface area contributed by atoms with E-state index in [-0.39, 0.29) is 18.4 Å². The molecule has 9 heteroatoms. The largest absolute Gasteiger partial charge is 0.497 e. The first-order valence-corrected chi connectivity index (χ1v) is 11.9. The van der Waals surface area contributed by atoms with Crippen molar-refractivity contribution in [1.29, 1.82) is 0 Å². The van der Waals surface area contributed by atoms with Gasteiger partial charge in [-0.15, -0.1) is 11.3 Å². The topological polar surface area (TPSA) is 84.0 Å². The fourth-order valence-corrected chi connectivity index (χ4v) is 4.56. The summed E-state index contributed by atoms with van der Waals surface area (Å²) in [6.45, 7) is 3.55. The van der Waals surface area contributed by atoms with E-state index in [1.807, 2.05) is 24.3 Å². The predicted octanol–water partition coefficient (Wildman–Crippen LogP) is 2.90. The van der Waals surface area contributed by atoms with Gasteiger partial charge in [0.25, 0.3) is 5.91 Å². The second-order valence-corrected chi connectivity index (χ2v) is 8.80. The minimum absolute atomic E-state index is 0.0117. The summed E-state index contributed by atoms with van der Waals surface area (Å²) in [6, 6.07) is 14.7. The van der Waals surface area contributed by atoms with Gasteiger partial charge >= 0.3 is 0 Å². The zero-order valence-corrected chi connectivity index (χ0v) is 20.1. The molecular weight excluding hydrogens is 452 g/mol. The van der Waals surface area contributed by atoms with Gasteiger partial charge < -0.3 is 19.7 Å². The Bertz CT molecular complexity index is 1110. The summed E-state index contributed by atoms with van der Waals surface area (Å²) >= 11 is 1.63. The Kier molecular flexibility index (Phi) is 7.76. The SMILES string of the molecule is COc1ccc(C(=O)NCC(=O)N2CCN(Cc3csc(-c4ccc(OC)cc4)n3)CC2)cc1. The van der Waals surface area contributed by atoms with E-state index in [0.717, 1.165) is 41.6 Å². The van der Waals surface area contributed by atoms with Crippen LogP contribution in [0.15, 0.2) is 53.9 Å². The summed E-state index contributed by atoms with van der Waals surface area (Å²) in [6.07, 6.45) is 0. The molecule has 0 unspecified atom stereocenters. The van der Waals surface area contributed by atoms with E-state index >= 15 is 0 Å². The number of thiazole rings is 1. The van der Waals surface area contributed by atoms with Crippen molar-refractivity contribution >= 4 is 23.2 Å². The Morgan fingerprint density at radius 3 is 2.18 bits per heavy atom. The third kappa shape index (κ3) is 5.92. The van der Waals surface area contributed by atoms with Gasteiger partial charge in [-0.05, 0) is 48.5 Å². The number of nitrogens with one attached hydrogen (secondary N) is 1. The molecule has 1 aliphatic rings. The number of rotatable bonds is 8. The first kappa shape index (κ1) is 23.7. The molecule has 3 aromatic rings. The Morgan fingerprint density at radius 2 is 1.56 bits per heavy atom. The maximum Gasteiger partial charge on any atom is 0.251 e. The molecule has 178 valence electrons. The van der Waals surface area contributed by atoms with Gasteiger partial charge in [0, 0.05) is 49.2 Å². The zero-order chi connectivity index (χ0) is 23.9. The maximum absolute atomic E-state index is 12.6. The number of carbonyl (C=O) groups excluding carboxylic acids is 2. The highest BCUT2D eigenvalue weighted by atomic mass is 32.1. The molecule has 4 rings (SSSR count). The molecule has 34 heavy (non-hydrogen) atoms. The summed E-state index contributed by atoms with van der Waals surface area (Å²) in [7, 11) is 3.23. The lowest BCUT2D eigenvalue weighted by molar-refractivity contribution is -0.131. The second-order valence-electron chi connectivity index (χ2n) is 7.94. The van der Waals surface area contributed by atoms with Crippen molar-refractivity contribution in [2.75, 3.05) is 46.9 Å².